The molecule has 0 aliphatic heterocycles. The van der Waals surface area contributed by atoms with Crippen LogP contribution >= 0.6 is 0 Å². The van der Waals surface area contributed by atoms with E-state index in [1.807, 2.05) is 34.6 Å². The Morgan fingerprint density at radius 3 is 1.65 bits per heavy atom. The molecule has 0 radical (unpaired) electrons. The standard InChI is InChI=1S/C16H28O4/c1-6-9-19-15(17)13(8-3)14(11-12(4)5)16(18)20-10-7-2/h12H,6-11H2,1-5H3. The Hall–Kier alpha value is -1.32. The van der Waals surface area contributed by atoms with Crippen molar-refractivity contribution in [1.29, 1.82) is 0 Å². The van der Waals surface area contributed by atoms with Gasteiger partial charge in [-0.05, 0) is 31.6 Å². The summed E-state index contributed by atoms with van der Waals surface area (Å²) >= 11 is 0. The summed E-state index contributed by atoms with van der Waals surface area (Å²) in [4.78, 5) is 24.2. The Morgan fingerprint density at radius 1 is 0.850 bits per heavy atom. The molecule has 0 saturated carbocycles. The Labute approximate surface area is 122 Å². The van der Waals surface area contributed by atoms with Crippen LogP contribution in [0.3, 0.4) is 0 Å². The quantitative estimate of drug-likeness (QED) is 0.479. The maximum Gasteiger partial charge on any atom is 0.334 e. The summed E-state index contributed by atoms with van der Waals surface area (Å²) in [6, 6.07) is 0. The van der Waals surface area contributed by atoms with E-state index in [1.165, 1.54) is 0 Å². The third-order valence-electron chi connectivity index (χ3n) is 2.70. The van der Waals surface area contributed by atoms with Crippen molar-refractivity contribution >= 4 is 11.9 Å². The third kappa shape index (κ3) is 6.73. The van der Waals surface area contributed by atoms with Crippen molar-refractivity contribution < 1.29 is 19.1 Å². The highest BCUT2D eigenvalue weighted by atomic mass is 16.5. The second-order valence-electron chi connectivity index (χ2n) is 5.18. The molecule has 0 unspecified atom stereocenters. The van der Waals surface area contributed by atoms with Crippen LogP contribution in [0, 0.1) is 5.92 Å². The van der Waals surface area contributed by atoms with Crippen LogP contribution in [0.5, 0.6) is 0 Å². The zero-order chi connectivity index (χ0) is 15.5. The van der Waals surface area contributed by atoms with Crippen LogP contribution in [-0.2, 0) is 19.1 Å². The van der Waals surface area contributed by atoms with E-state index < -0.39 is 5.97 Å². The fourth-order valence-electron chi connectivity index (χ4n) is 1.78. The van der Waals surface area contributed by atoms with Gasteiger partial charge in [-0.3, -0.25) is 0 Å². The topological polar surface area (TPSA) is 52.6 Å². The van der Waals surface area contributed by atoms with Crippen molar-refractivity contribution in [2.24, 2.45) is 5.92 Å². The fraction of sp³-hybridized carbons (Fsp3) is 0.750. The maximum absolute atomic E-state index is 12.1. The molecule has 0 amide bonds. The smallest absolute Gasteiger partial charge is 0.334 e. The molecule has 0 bridgehead atoms. The number of carbonyl (C=O) groups excluding carboxylic acids is 2. The second-order valence-corrected chi connectivity index (χ2v) is 5.18. The van der Waals surface area contributed by atoms with Gasteiger partial charge in [0.15, 0.2) is 0 Å². The average Bonchev–Trinajstić information content (AvgIpc) is 2.41. The van der Waals surface area contributed by atoms with Gasteiger partial charge in [-0.1, -0.05) is 34.6 Å². The number of hydrogen-bond donors (Lipinski definition) is 0. The van der Waals surface area contributed by atoms with E-state index in [1.54, 1.807) is 0 Å². The first-order valence-electron chi connectivity index (χ1n) is 7.54. The van der Waals surface area contributed by atoms with Gasteiger partial charge in [0.05, 0.1) is 13.2 Å². The molecule has 0 heterocycles. The lowest BCUT2D eigenvalue weighted by atomic mass is 9.96. The van der Waals surface area contributed by atoms with Gasteiger partial charge < -0.3 is 9.47 Å². The van der Waals surface area contributed by atoms with Crippen molar-refractivity contribution in [1.82, 2.24) is 0 Å². The molecule has 0 fully saturated rings. The van der Waals surface area contributed by atoms with Crippen molar-refractivity contribution in [3.63, 3.8) is 0 Å². The fourth-order valence-corrected chi connectivity index (χ4v) is 1.78. The molecule has 4 nitrogen and oxygen atoms in total. The van der Waals surface area contributed by atoms with E-state index in [0.29, 0.717) is 37.2 Å². The SMILES string of the molecule is CCCOC(=O)C(CC)=C(CC(C)C)C(=O)OCCC. The molecule has 116 valence electrons. The minimum atomic E-state index is -0.390. The number of hydrogen-bond acceptors (Lipinski definition) is 4. The Kier molecular flexibility index (Phi) is 9.77. The normalized spacial score (nSPS) is 12.1. The minimum absolute atomic E-state index is 0.278. The van der Waals surface area contributed by atoms with Crippen molar-refractivity contribution in [2.75, 3.05) is 13.2 Å². The largest absolute Gasteiger partial charge is 0.462 e. The molecule has 0 saturated heterocycles. The lowest BCUT2D eigenvalue weighted by Gasteiger charge is -2.15. The van der Waals surface area contributed by atoms with E-state index >= 15 is 0 Å². The molecular formula is C16H28O4. The van der Waals surface area contributed by atoms with Crippen molar-refractivity contribution in [3.8, 4) is 0 Å². The summed E-state index contributed by atoms with van der Waals surface area (Å²) < 4.78 is 10.3. The molecular weight excluding hydrogens is 256 g/mol. The van der Waals surface area contributed by atoms with Gasteiger partial charge >= 0.3 is 11.9 Å². The Bertz CT molecular complexity index is 342. The summed E-state index contributed by atoms with van der Waals surface area (Å²) in [6.07, 6.45) is 2.55. The summed E-state index contributed by atoms with van der Waals surface area (Å²) in [5, 5.41) is 0. The predicted molar refractivity (Wildman–Crippen MR) is 79.3 cm³/mol. The highest BCUT2D eigenvalue weighted by Gasteiger charge is 2.22. The minimum Gasteiger partial charge on any atom is -0.462 e. The monoisotopic (exact) mass is 284 g/mol. The number of rotatable bonds is 9. The number of ether oxygens (including phenoxy) is 2. The van der Waals surface area contributed by atoms with Crippen LogP contribution in [0.15, 0.2) is 11.1 Å². The van der Waals surface area contributed by atoms with Crippen LogP contribution < -0.4 is 0 Å². The maximum atomic E-state index is 12.1. The first kappa shape index (κ1) is 18.7. The molecule has 0 aliphatic carbocycles. The van der Waals surface area contributed by atoms with Gasteiger partial charge in [0.1, 0.15) is 0 Å². The van der Waals surface area contributed by atoms with E-state index in [0.717, 1.165) is 12.8 Å². The molecule has 4 heteroatoms. The van der Waals surface area contributed by atoms with Gasteiger partial charge in [-0.15, -0.1) is 0 Å². The van der Waals surface area contributed by atoms with Gasteiger partial charge in [-0.2, -0.15) is 0 Å². The molecule has 0 atom stereocenters. The Morgan fingerprint density at radius 2 is 1.30 bits per heavy atom. The third-order valence-corrected chi connectivity index (χ3v) is 2.70. The summed E-state index contributed by atoms with van der Waals surface area (Å²) in [6.45, 7) is 10.5. The molecule has 0 rings (SSSR count). The van der Waals surface area contributed by atoms with Crippen LogP contribution in [-0.4, -0.2) is 25.2 Å². The molecule has 0 N–H and O–H groups in total. The van der Waals surface area contributed by atoms with E-state index in [9.17, 15) is 9.59 Å². The average molecular weight is 284 g/mol. The van der Waals surface area contributed by atoms with E-state index in [2.05, 4.69) is 0 Å². The summed E-state index contributed by atoms with van der Waals surface area (Å²) in [7, 11) is 0. The lowest BCUT2D eigenvalue weighted by molar-refractivity contribution is -0.142. The molecule has 0 aliphatic rings. The summed E-state index contributed by atoms with van der Waals surface area (Å²) in [5.41, 5.74) is 0.922. The zero-order valence-corrected chi connectivity index (χ0v) is 13.5. The lowest BCUT2D eigenvalue weighted by Crippen LogP contribution is -2.18. The van der Waals surface area contributed by atoms with Gasteiger partial charge in [0, 0.05) is 11.1 Å². The van der Waals surface area contributed by atoms with Crippen LogP contribution in [0.1, 0.15) is 60.3 Å². The van der Waals surface area contributed by atoms with Crippen molar-refractivity contribution in [2.45, 2.75) is 60.3 Å². The first-order chi connectivity index (χ1) is 9.47. The number of esters is 2. The summed E-state index contributed by atoms with van der Waals surface area (Å²) in [5.74, 6) is -0.496. The zero-order valence-electron chi connectivity index (χ0n) is 13.5. The first-order valence-corrected chi connectivity index (χ1v) is 7.54. The number of carbonyl (C=O) groups is 2. The highest BCUT2D eigenvalue weighted by molar-refractivity contribution is 6.00. The van der Waals surface area contributed by atoms with Crippen LogP contribution in [0.2, 0.25) is 0 Å². The van der Waals surface area contributed by atoms with E-state index in [-0.39, 0.29) is 11.9 Å². The van der Waals surface area contributed by atoms with Crippen LogP contribution in [0.25, 0.3) is 0 Å². The molecule has 0 aromatic rings. The van der Waals surface area contributed by atoms with Gasteiger partial charge in [0.2, 0.25) is 0 Å². The second kappa shape index (κ2) is 10.5. The van der Waals surface area contributed by atoms with Crippen LogP contribution in [0.4, 0.5) is 0 Å². The van der Waals surface area contributed by atoms with Gasteiger partial charge in [0.25, 0.3) is 0 Å². The highest BCUT2D eigenvalue weighted by Crippen LogP contribution is 2.20. The van der Waals surface area contributed by atoms with Crippen molar-refractivity contribution in [3.05, 3.63) is 11.1 Å². The molecule has 0 spiro atoms. The molecule has 20 heavy (non-hydrogen) atoms. The Balaban J connectivity index is 5.21. The van der Waals surface area contributed by atoms with Gasteiger partial charge in [-0.25, -0.2) is 9.59 Å². The molecule has 0 aromatic carbocycles. The predicted octanol–water partition coefficient (Wildman–Crippen LogP) is 3.65. The van der Waals surface area contributed by atoms with E-state index in [4.69, 9.17) is 9.47 Å². The molecule has 0 aromatic heterocycles.